The van der Waals surface area contributed by atoms with Gasteiger partial charge in [0.2, 0.25) is 5.91 Å². The molecule has 1 aromatic carbocycles. The number of amides is 4. The van der Waals surface area contributed by atoms with Crippen molar-refractivity contribution in [2.24, 2.45) is 0 Å². The van der Waals surface area contributed by atoms with Crippen molar-refractivity contribution in [3.05, 3.63) is 30.3 Å². The van der Waals surface area contributed by atoms with E-state index >= 15 is 0 Å². The number of benzene rings is 1. The van der Waals surface area contributed by atoms with Gasteiger partial charge in [-0.15, -0.1) is 0 Å². The van der Waals surface area contributed by atoms with Crippen molar-refractivity contribution >= 4 is 29.5 Å². The Hall–Kier alpha value is -2.90. The van der Waals surface area contributed by atoms with Crippen molar-refractivity contribution in [3.8, 4) is 0 Å². The number of hydrogen-bond donors (Lipinski definition) is 2. The van der Waals surface area contributed by atoms with E-state index in [0.29, 0.717) is 18.5 Å². The van der Waals surface area contributed by atoms with Crippen LogP contribution in [0.3, 0.4) is 0 Å². The summed E-state index contributed by atoms with van der Waals surface area (Å²) in [6.07, 6.45) is 0.826. The van der Waals surface area contributed by atoms with Crippen LogP contribution >= 0.6 is 0 Å². The number of hydrogen-bond acceptors (Lipinski definition) is 4. The number of imide groups is 1. The smallest absolute Gasteiger partial charge is 0.325 e. The van der Waals surface area contributed by atoms with Crippen molar-refractivity contribution in [1.29, 1.82) is 0 Å². The maximum absolute atomic E-state index is 12.6. The lowest BCUT2D eigenvalue weighted by molar-refractivity contribution is -0.137. The summed E-state index contributed by atoms with van der Waals surface area (Å²) in [5, 5.41) is 11.7. The second-order valence-electron chi connectivity index (χ2n) is 5.82. The maximum atomic E-state index is 12.6. The van der Waals surface area contributed by atoms with Crippen LogP contribution in [-0.2, 0) is 14.4 Å². The van der Waals surface area contributed by atoms with Crippen molar-refractivity contribution in [2.45, 2.75) is 32.2 Å². The second kappa shape index (κ2) is 7.33. The summed E-state index contributed by atoms with van der Waals surface area (Å²) in [6, 6.07) is 7.63. The average Bonchev–Trinajstić information content (AvgIpc) is 2.84. The molecule has 0 bridgehead atoms. The molecular weight excluding hydrogens is 326 g/mol. The molecule has 25 heavy (non-hydrogen) atoms. The molecule has 0 aromatic heterocycles. The van der Waals surface area contributed by atoms with Crippen LogP contribution in [0.1, 0.15) is 26.7 Å². The van der Waals surface area contributed by atoms with Crippen molar-refractivity contribution in [1.82, 2.24) is 10.2 Å². The fourth-order valence-corrected chi connectivity index (χ4v) is 2.84. The summed E-state index contributed by atoms with van der Waals surface area (Å²) in [4.78, 5) is 50.3. The van der Waals surface area contributed by atoms with Gasteiger partial charge in [-0.25, -0.2) is 4.79 Å². The molecular formula is C17H21N3O5. The van der Waals surface area contributed by atoms with Crippen LogP contribution in [0.25, 0.3) is 0 Å². The number of para-hydroxylation sites is 1. The van der Waals surface area contributed by atoms with Crippen molar-refractivity contribution in [2.75, 3.05) is 18.0 Å². The first-order valence-electron chi connectivity index (χ1n) is 8.06. The Morgan fingerprint density at radius 1 is 1.16 bits per heavy atom. The van der Waals surface area contributed by atoms with E-state index in [2.05, 4.69) is 5.32 Å². The zero-order chi connectivity index (χ0) is 18.6. The largest absolute Gasteiger partial charge is 0.480 e. The van der Waals surface area contributed by atoms with Gasteiger partial charge in [0.1, 0.15) is 18.6 Å². The third-order valence-corrected chi connectivity index (χ3v) is 4.41. The summed E-state index contributed by atoms with van der Waals surface area (Å²) in [5.41, 5.74) is -0.610. The number of anilines is 1. The van der Waals surface area contributed by atoms with Crippen molar-refractivity contribution < 1.29 is 24.3 Å². The lowest BCUT2D eigenvalue weighted by Crippen LogP contribution is -2.47. The molecule has 8 heteroatoms. The van der Waals surface area contributed by atoms with Gasteiger partial charge in [-0.2, -0.15) is 0 Å². The third kappa shape index (κ3) is 3.62. The van der Waals surface area contributed by atoms with Crippen LogP contribution in [0.2, 0.25) is 0 Å². The number of nitrogens with zero attached hydrogens (tertiary/aromatic N) is 2. The Morgan fingerprint density at radius 2 is 1.76 bits per heavy atom. The van der Waals surface area contributed by atoms with Gasteiger partial charge >= 0.3 is 12.0 Å². The standard InChI is InChI=1S/C17H21N3O5/c1-3-17(4-2)15(24)20(16(25)18-17)10-13(21)19(11-14(22)23)12-8-6-5-7-9-12/h5-9H,3-4,10-11H2,1-2H3,(H,18,25)(H,22,23). The SMILES string of the molecule is CCC1(CC)NC(=O)N(CC(=O)N(CC(=O)O)c2ccccc2)C1=O. The number of aliphatic carboxylic acids is 1. The van der Waals surface area contributed by atoms with Crippen LogP contribution in [-0.4, -0.2) is 52.4 Å². The highest BCUT2D eigenvalue weighted by atomic mass is 16.4. The van der Waals surface area contributed by atoms with E-state index < -0.39 is 42.4 Å². The minimum atomic E-state index is -1.19. The number of rotatable bonds is 7. The Morgan fingerprint density at radius 3 is 2.24 bits per heavy atom. The fourth-order valence-electron chi connectivity index (χ4n) is 2.84. The highest BCUT2D eigenvalue weighted by molar-refractivity contribution is 6.10. The number of carbonyl (C=O) groups excluding carboxylic acids is 3. The van der Waals surface area contributed by atoms with Gasteiger partial charge < -0.3 is 10.4 Å². The molecule has 134 valence electrons. The quantitative estimate of drug-likeness (QED) is 0.721. The molecule has 0 spiro atoms. The monoisotopic (exact) mass is 347 g/mol. The van der Waals surface area contributed by atoms with E-state index in [1.54, 1.807) is 44.2 Å². The second-order valence-corrected chi connectivity index (χ2v) is 5.82. The van der Waals surface area contributed by atoms with E-state index in [9.17, 15) is 19.2 Å². The number of carboxylic acid groups (broad SMARTS) is 1. The van der Waals surface area contributed by atoms with Gasteiger partial charge in [-0.3, -0.25) is 24.2 Å². The molecule has 0 aliphatic carbocycles. The predicted molar refractivity (Wildman–Crippen MR) is 90.0 cm³/mol. The molecule has 0 atom stereocenters. The molecule has 8 nitrogen and oxygen atoms in total. The number of carboxylic acids is 1. The first-order valence-corrected chi connectivity index (χ1v) is 8.06. The number of nitrogens with one attached hydrogen (secondary N) is 1. The summed E-state index contributed by atoms with van der Waals surface area (Å²) in [7, 11) is 0. The maximum Gasteiger partial charge on any atom is 0.325 e. The molecule has 1 aliphatic heterocycles. The van der Waals surface area contributed by atoms with Gasteiger partial charge in [-0.1, -0.05) is 32.0 Å². The van der Waals surface area contributed by atoms with Crippen LogP contribution in [0.4, 0.5) is 10.5 Å². The molecule has 0 unspecified atom stereocenters. The minimum Gasteiger partial charge on any atom is -0.480 e. The molecule has 0 saturated carbocycles. The molecule has 1 fully saturated rings. The number of carbonyl (C=O) groups is 4. The van der Waals surface area contributed by atoms with Crippen LogP contribution < -0.4 is 10.2 Å². The molecule has 1 heterocycles. The summed E-state index contributed by atoms with van der Waals surface area (Å²) in [6.45, 7) is 2.51. The first kappa shape index (κ1) is 18.4. The minimum absolute atomic E-state index is 0.388. The molecule has 2 rings (SSSR count). The van der Waals surface area contributed by atoms with Crippen LogP contribution in [0.5, 0.6) is 0 Å². The first-order chi connectivity index (χ1) is 11.8. The van der Waals surface area contributed by atoms with Gasteiger partial charge in [0.05, 0.1) is 0 Å². The van der Waals surface area contributed by atoms with Crippen LogP contribution in [0, 0.1) is 0 Å². The van der Waals surface area contributed by atoms with E-state index in [1.807, 2.05) is 0 Å². The normalized spacial score (nSPS) is 15.8. The van der Waals surface area contributed by atoms with E-state index in [1.165, 1.54) is 0 Å². The third-order valence-electron chi connectivity index (χ3n) is 4.41. The highest BCUT2D eigenvalue weighted by Crippen LogP contribution is 2.25. The number of urea groups is 1. The lowest BCUT2D eigenvalue weighted by atomic mass is 9.93. The topological polar surface area (TPSA) is 107 Å². The van der Waals surface area contributed by atoms with Gasteiger partial charge in [0.15, 0.2) is 0 Å². The molecule has 1 aliphatic rings. The van der Waals surface area contributed by atoms with Crippen LogP contribution in [0.15, 0.2) is 30.3 Å². The Labute approximate surface area is 145 Å². The fraction of sp³-hybridized carbons (Fsp3) is 0.412. The van der Waals surface area contributed by atoms with Gasteiger partial charge in [0.25, 0.3) is 5.91 Å². The van der Waals surface area contributed by atoms with E-state index in [-0.39, 0.29) is 0 Å². The predicted octanol–water partition coefficient (Wildman–Crippen LogP) is 1.21. The lowest BCUT2D eigenvalue weighted by Gasteiger charge is -2.25. The molecule has 4 amide bonds. The summed E-state index contributed by atoms with van der Waals surface area (Å²) >= 11 is 0. The highest BCUT2D eigenvalue weighted by Gasteiger charge is 2.49. The van der Waals surface area contributed by atoms with E-state index in [0.717, 1.165) is 9.80 Å². The van der Waals surface area contributed by atoms with Gasteiger partial charge in [0, 0.05) is 5.69 Å². The molecule has 1 aromatic rings. The molecule has 1 saturated heterocycles. The Kier molecular flexibility index (Phi) is 5.41. The Balaban J connectivity index is 2.22. The van der Waals surface area contributed by atoms with Crippen molar-refractivity contribution in [3.63, 3.8) is 0 Å². The van der Waals surface area contributed by atoms with E-state index in [4.69, 9.17) is 5.11 Å². The summed E-state index contributed by atoms with van der Waals surface area (Å²) < 4.78 is 0. The Bertz CT molecular complexity index is 685. The molecule has 0 radical (unpaired) electrons. The summed E-state index contributed by atoms with van der Waals surface area (Å²) in [5.74, 6) is -2.29. The zero-order valence-corrected chi connectivity index (χ0v) is 14.2. The zero-order valence-electron chi connectivity index (χ0n) is 14.2. The van der Waals surface area contributed by atoms with Gasteiger partial charge in [-0.05, 0) is 25.0 Å². The molecule has 2 N–H and O–H groups in total. The average molecular weight is 347 g/mol.